The van der Waals surface area contributed by atoms with Gasteiger partial charge < -0.3 is 0 Å². The summed E-state index contributed by atoms with van der Waals surface area (Å²) in [5.41, 5.74) is 1.48. The summed E-state index contributed by atoms with van der Waals surface area (Å²) < 4.78 is 0. The zero-order valence-corrected chi connectivity index (χ0v) is 8.12. The van der Waals surface area contributed by atoms with Crippen molar-refractivity contribution in [3.05, 3.63) is 41.5 Å². The highest BCUT2D eigenvalue weighted by molar-refractivity contribution is 6.23. The fraction of sp³-hybridized carbons (Fsp3) is 0.0909. The highest BCUT2D eigenvalue weighted by Gasteiger charge is 2.06. The van der Waals surface area contributed by atoms with E-state index in [2.05, 4.69) is 0 Å². The molecule has 14 heavy (non-hydrogen) atoms. The van der Waals surface area contributed by atoms with Crippen molar-refractivity contribution in [1.29, 1.82) is 10.5 Å². The largest absolute Gasteiger partial charge is 0.192 e. The van der Waals surface area contributed by atoms with Crippen molar-refractivity contribution < 1.29 is 0 Å². The Hall–Kier alpha value is -1.77. The van der Waals surface area contributed by atoms with E-state index in [0.717, 1.165) is 5.56 Å². The normalized spacial score (nSPS) is 8.50. The molecular weight excluding hydrogens is 196 g/mol. The van der Waals surface area contributed by atoms with Crippen molar-refractivity contribution >= 4 is 17.2 Å². The van der Waals surface area contributed by atoms with Gasteiger partial charge in [0.1, 0.15) is 17.7 Å². The molecule has 0 radical (unpaired) electrons. The van der Waals surface area contributed by atoms with Crippen LogP contribution in [0.5, 0.6) is 0 Å². The van der Waals surface area contributed by atoms with E-state index in [1.54, 1.807) is 0 Å². The molecule has 0 heterocycles. The average molecular weight is 203 g/mol. The lowest BCUT2D eigenvalue weighted by molar-refractivity contribution is 1.44. The Morgan fingerprint density at radius 1 is 1.14 bits per heavy atom. The summed E-state index contributed by atoms with van der Waals surface area (Å²) in [6.45, 7) is 0. The number of hydrogen-bond donors (Lipinski definition) is 0. The van der Waals surface area contributed by atoms with Crippen LogP contribution in [0.2, 0.25) is 0 Å². The quantitative estimate of drug-likeness (QED) is 0.547. The van der Waals surface area contributed by atoms with Crippen molar-refractivity contribution in [2.45, 2.75) is 0 Å². The van der Waals surface area contributed by atoms with E-state index in [0.29, 0.717) is 5.57 Å². The van der Waals surface area contributed by atoms with Crippen LogP contribution in [0, 0.1) is 22.7 Å². The summed E-state index contributed by atoms with van der Waals surface area (Å²) in [5.74, 6) is 0.167. The lowest BCUT2D eigenvalue weighted by Gasteiger charge is -2.02. The maximum atomic E-state index is 8.70. The summed E-state index contributed by atoms with van der Waals surface area (Å²) in [6.07, 6.45) is 0. The van der Waals surface area contributed by atoms with E-state index < -0.39 is 0 Å². The first kappa shape index (κ1) is 10.3. The predicted molar refractivity (Wildman–Crippen MR) is 55.3 cm³/mol. The number of benzene rings is 1. The van der Waals surface area contributed by atoms with Crippen molar-refractivity contribution in [1.82, 2.24) is 0 Å². The number of allylic oxidation sites excluding steroid dienone is 2. The Bertz CT molecular complexity index is 405. The van der Waals surface area contributed by atoms with Gasteiger partial charge in [-0.25, -0.2) is 0 Å². The Kier molecular flexibility index (Phi) is 3.73. The number of nitrogens with zero attached hydrogens (tertiary/aromatic N) is 2. The van der Waals surface area contributed by atoms with Crippen LogP contribution in [0.25, 0.3) is 5.57 Å². The second kappa shape index (κ2) is 5.07. The van der Waals surface area contributed by atoms with Crippen LogP contribution in [0.3, 0.4) is 0 Å². The molecular formula is C11H7ClN2. The van der Waals surface area contributed by atoms with Gasteiger partial charge in [-0.3, -0.25) is 0 Å². The molecule has 0 aliphatic carbocycles. The van der Waals surface area contributed by atoms with Crippen LogP contribution in [0.15, 0.2) is 35.9 Å². The van der Waals surface area contributed by atoms with Gasteiger partial charge in [0.25, 0.3) is 0 Å². The van der Waals surface area contributed by atoms with Crippen molar-refractivity contribution in [3.8, 4) is 12.1 Å². The topological polar surface area (TPSA) is 47.6 Å². The molecule has 0 bridgehead atoms. The Balaban J connectivity index is 3.26. The number of hydrogen-bond acceptors (Lipinski definition) is 2. The molecule has 0 unspecified atom stereocenters. The second-order valence-electron chi connectivity index (χ2n) is 2.58. The third-order valence-electron chi connectivity index (χ3n) is 1.78. The minimum Gasteiger partial charge on any atom is -0.192 e. The molecule has 0 aliphatic rings. The third kappa shape index (κ3) is 2.13. The fourth-order valence-corrected chi connectivity index (χ4v) is 1.38. The minimum atomic E-state index is 0.0752. The highest BCUT2D eigenvalue weighted by atomic mass is 35.5. The molecule has 0 aromatic heterocycles. The van der Waals surface area contributed by atoms with Crippen LogP contribution < -0.4 is 0 Å². The number of nitriles is 2. The van der Waals surface area contributed by atoms with Gasteiger partial charge in [-0.15, -0.1) is 11.6 Å². The molecule has 0 aliphatic heterocycles. The Morgan fingerprint density at radius 2 is 1.71 bits per heavy atom. The van der Waals surface area contributed by atoms with Crippen molar-refractivity contribution in [2.24, 2.45) is 0 Å². The summed E-state index contributed by atoms with van der Waals surface area (Å²) in [4.78, 5) is 0. The van der Waals surface area contributed by atoms with E-state index in [1.807, 2.05) is 42.5 Å². The average Bonchev–Trinajstić information content (AvgIpc) is 2.27. The monoisotopic (exact) mass is 202 g/mol. The van der Waals surface area contributed by atoms with E-state index in [9.17, 15) is 0 Å². The lowest BCUT2D eigenvalue weighted by atomic mass is 10.0. The van der Waals surface area contributed by atoms with Gasteiger partial charge in [0, 0.05) is 11.5 Å². The molecule has 1 aromatic rings. The van der Waals surface area contributed by atoms with E-state index >= 15 is 0 Å². The van der Waals surface area contributed by atoms with Crippen LogP contribution in [-0.2, 0) is 0 Å². The molecule has 0 N–H and O–H groups in total. The van der Waals surface area contributed by atoms with Gasteiger partial charge in [-0.1, -0.05) is 30.3 Å². The first-order valence-electron chi connectivity index (χ1n) is 3.98. The fourth-order valence-electron chi connectivity index (χ4n) is 1.09. The Labute approximate surface area is 87.7 Å². The molecule has 3 heteroatoms. The second-order valence-corrected chi connectivity index (χ2v) is 2.84. The van der Waals surface area contributed by atoms with Crippen molar-refractivity contribution in [3.63, 3.8) is 0 Å². The summed E-state index contributed by atoms with van der Waals surface area (Å²) in [5, 5.41) is 17.4. The summed E-state index contributed by atoms with van der Waals surface area (Å²) in [7, 11) is 0. The lowest BCUT2D eigenvalue weighted by Crippen LogP contribution is -1.90. The maximum absolute atomic E-state index is 8.70. The standard InChI is InChI=1S/C11H7ClN2/c12-6-11(10(7-13)8-14)9-4-2-1-3-5-9/h1-5H,6H2. The molecule has 0 spiro atoms. The zero-order chi connectivity index (χ0) is 10.4. The number of halogens is 1. The number of rotatable bonds is 2. The number of alkyl halides is 1. The van der Waals surface area contributed by atoms with Gasteiger partial charge >= 0.3 is 0 Å². The van der Waals surface area contributed by atoms with Crippen molar-refractivity contribution in [2.75, 3.05) is 5.88 Å². The summed E-state index contributed by atoms with van der Waals surface area (Å²) in [6, 6.07) is 12.9. The smallest absolute Gasteiger partial charge is 0.134 e. The molecule has 1 aromatic carbocycles. The first-order chi connectivity index (χ1) is 6.83. The van der Waals surface area contributed by atoms with Gasteiger partial charge in [-0.05, 0) is 5.56 Å². The molecule has 0 atom stereocenters. The van der Waals surface area contributed by atoms with E-state index in [4.69, 9.17) is 22.1 Å². The molecule has 1 rings (SSSR count). The SMILES string of the molecule is N#CC(C#N)=C(CCl)c1ccccc1. The summed E-state index contributed by atoms with van der Waals surface area (Å²) >= 11 is 5.69. The van der Waals surface area contributed by atoms with Gasteiger partial charge in [0.2, 0.25) is 0 Å². The van der Waals surface area contributed by atoms with Gasteiger partial charge in [-0.2, -0.15) is 10.5 Å². The van der Waals surface area contributed by atoms with Crippen LogP contribution in [-0.4, -0.2) is 5.88 Å². The van der Waals surface area contributed by atoms with E-state index in [1.165, 1.54) is 0 Å². The molecule has 0 saturated heterocycles. The van der Waals surface area contributed by atoms with E-state index in [-0.39, 0.29) is 11.5 Å². The first-order valence-corrected chi connectivity index (χ1v) is 4.51. The zero-order valence-electron chi connectivity index (χ0n) is 7.37. The van der Waals surface area contributed by atoms with Gasteiger partial charge in [0.15, 0.2) is 0 Å². The third-order valence-corrected chi connectivity index (χ3v) is 2.05. The maximum Gasteiger partial charge on any atom is 0.134 e. The molecule has 0 saturated carbocycles. The Morgan fingerprint density at radius 3 is 2.14 bits per heavy atom. The van der Waals surface area contributed by atoms with Crippen LogP contribution >= 0.6 is 11.6 Å². The molecule has 68 valence electrons. The minimum absolute atomic E-state index is 0.0752. The molecule has 2 nitrogen and oxygen atoms in total. The molecule has 0 amide bonds. The predicted octanol–water partition coefficient (Wildman–Crippen LogP) is 2.73. The van der Waals surface area contributed by atoms with Crippen LogP contribution in [0.1, 0.15) is 5.56 Å². The van der Waals surface area contributed by atoms with Crippen LogP contribution in [0.4, 0.5) is 0 Å². The molecule has 0 fully saturated rings. The van der Waals surface area contributed by atoms with Gasteiger partial charge in [0.05, 0.1) is 0 Å². The highest BCUT2D eigenvalue weighted by Crippen LogP contribution is 2.19.